The van der Waals surface area contributed by atoms with Gasteiger partial charge in [0.25, 0.3) is 5.91 Å². The van der Waals surface area contributed by atoms with Crippen LogP contribution < -0.4 is 19.5 Å². The summed E-state index contributed by atoms with van der Waals surface area (Å²) in [4.78, 5) is 12.8. The maximum absolute atomic E-state index is 12.8. The zero-order valence-corrected chi connectivity index (χ0v) is 18.0. The van der Waals surface area contributed by atoms with E-state index in [1.807, 2.05) is 44.2 Å². The van der Waals surface area contributed by atoms with Gasteiger partial charge in [-0.3, -0.25) is 4.79 Å². The van der Waals surface area contributed by atoms with Gasteiger partial charge in [-0.25, -0.2) is 0 Å². The minimum Gasteiger partial charge on any atom is -0.486 e. The van der Waals surface area contributed by atoms with Crippen LogP contribution in [-0.4, -0.2) is 25.2 Å². The lowest BCUT2D eigenvalue weighted by molar-refractivity contribution is -0.128. The molecule has 1 aliphatic heterocycles. The molecule has 156 valence electrons. The molecule has 0 spiro atoms. The van der Waals surface area contributed by atoms with Crippen LogP contribution in [0.5, 0.6) is 17.2 Å². The molecule has 0 unspecified atom stereocenters. The van der Waals surface area contributed by atoms with Gasteiger partial charge in [0.05, 0.1) is 6.04 Å². The lowest BCUT2D eigenvalue weighted by Gasteiger charge is -2.23. The Hall–Kier alpha value is -2.69. The van der Waals surface area contributed by atoms with E-state index in [4.69, 9.17) is 14.2 Å². The summed E-state index contributed by atoms with van der Waals surface area (Å²) in [5.74, 6) is 2.03. The smallest absolute Gasteiger partial charge is 0.261 e. The molecule has 5 heteroatoms. The highest BCUT2D eigenvalue weighted by Gasteiger charge is 2.22. The van der Waals surface area contributed by atoms with Crippen molar-refractivity contribution in [3.63, 3.8) is 0 Å². The van der Waals surface area contributed by atoms with Crippen molar-refractivity contribution in [3.05, 3.63) is 53.6 Å². The normalized spacial score (nSPS) is 15.3. The second-order valence-electron chi connectivity index (χ2n) is 8.42. The van der Waals surface area contributed by atoms with E-state index in [0.717, 1.165) is 17.1 Å². The molecule has 0 aromatic heterocycles. The maximum atomic E-state index is 12.8. The average Bonchev–Trinajstić information content (AvgIpc) is 2.71. The molecule has 0 aliphatic carbocycles. The van der Waals surface area contributed by atoms with E-state index in [2.05, 4.69) is 38.2 Å². The van der Waals surface area contributed by atoms with Crippen LogP contribution in [0.1, 0.15) is 58.2 Å². The molecule has 0 saturated heterocycles. The molecule has 29 heavy (non-hydrogen) atoms. The first kappa shape index (κ1) is 21.0. The van der Waals surface area contributed by atoms with Crippen molar-refractivity contribution < 1.29 is 19.0 Å². The summed E-state index contributed by atoms with van der Waals surface area (Å²) in [6, 6.07) is 13.6. The fraction of sp³-hybridized carbons (Fsp3) is 0.458. The topological polar surface area (TPSA) is 56.8 Å². The predicted molar refractivity (Wildman–Crippen MR) is 114 cm³/mol. The number of nitrogens with one attached hydrogen (secondary N) is 1. The molecule has 0 fully saturated rings. The van der Waals surface area contributed by atoms with Gasteiger partial charge in [0.1, 0.15) is 19.0 Å². The zero-order valence-electron chi connectivity index (χ0n) is 18.0. The summed E-state index contributed by atoms with van der Waals surface area (Å²) in [6.07, 6.45) is 0.0379. The highest BCUT2D eigenvalue weighted by atomic mass is 16.6. The summed E-state index contributed by atoms with van der Waals surface area (Å²) in [6.45, 7) is 11.5. The largest absolute Gasteiger partial charge is 0.486 e. The number of carbonyl (C=O) groups excluding carboxylic acids is 1. The Balaban J connectivity index is 1.63. The molecule has 1 amide bonds. The molecule has 0 radical (unpaired) electrons. The number of ether oxygens (including phenoxy) is 3. The quantitative estimate of drug-likeness (QED) is 0.761. The van der Waals surface area contributed by atoms with Crippen LogP contribution >= 0.6 is 0 Å². The highest BCUT2D eigenvalue weighted by Crippen LogP contribution is 2.32. The molecule has 2 atom stereocenters. The Morgan fingerprint density at radius 1 is 1.07 bits per heavy atom. The zero-order chi connectivity index (χ0) is 21.0. The van der Waals surface area contributed by atoms with Crippen LogP contribution in [0.15, 0.2) is 42.5 Å². The van der Waals surface area contributed by atoms with Gasteiger partial charge in [-0.2, -0.15) is 0 Å². The lowest BCUT2D eigenvalue weighted by Crippen LogP contribution is -2.39. The molecule has 2 aromatic carbocycles. The van der Waals surface area contributed by atoms with Crippen molar-refractivity contribution in [2.45, 2.75) is 58.6 Å². The van der Waals surface area contributed by atoms with Gasteiger partial charge in [-0.1, -0.05) is 45.9 Å². The Labute approximate surface area is 173 Å². The number of hydrogen-bond donors (Lipinski definition) is 1. The van der Waals surface area contributed by atoms with Crippen LogP contribution in [0.4, 0.5) is 0 Å². The molecule has 1 N–H and O–H groups in total. The van der Waals surface area contributed by atoms with Crippen molar-refractivity contribution in [1.29, 1.82) is 0 Å². The van der Waals surface area contributed by atoms with E-state index >= 15 is 0 Å². The van der Waals surface area contributed by atoms with Crippen molar-refractivity contribution in [2.24, 2.45) is 0 Å². The van der Waals surface area contributed by atoms with Gasteiger partial charge in [0, 0.05) is 0 Å². The highest BCUT2D eigenvalue weighted by molar-refractivity contribution is 5.81. The van der Waals surface area contributed by atoms with Crippen LogP contribution in [0.2, 0.25) is 0 Å². The lowest BCUT2D eigenvalue weighted by atomic mass is 9.87. The van der Waals surface area contributed by atoms with Crippen LogP contribution in [-0.2, 0) is 10.2 Å². The summed E-state index contributed by atoms with van der Waals surface area (Å²) < 4.78 is 17.2. The van der Waals surface area contributed by atoms with Gasteiger partial charge < -0.3 is 19.5 Å². The predicted octanol–water partition coefficient (Wildman–Crippen LogP) is 4.79. The first-order valence-electron chi connectivity index (χ1n) is 10.2. The van der Waals surface area contributed by atoms with E-state index in [1.54, 1.807) is 0 Å². The number of rotatable bonds is 6. The standard InChI is InChI=1S/C24H31NO4/c1-6-20(29-19-10-8-18(9-11-19)24(3,4)5)23(26)25-16(2)17-7-12-21-22(15-17)28-14-13-27-21/h7-12,15-16,20H,6,13-14H2,1-5H3,(H,25,26)/t16-,20-/m0/s1. The van der Waals surface area contributed by atoms with E-state index < -0.39 is 6.10 Å². The molecule has 0 bridgehead atoms. The van der Waals surface area contributed by atoms with E-state index in [9.17, 15) is 4.79 Å². The van der Waals surface area contributed by atoms with E-state index in [-0.39, 0.29) is 17.4 Å². The van der Waals surface area contributed by atoms with Gasteiger partial charge in [0.15, 0.2) is 17.6 Å². The average molecular weight is 398 g/mol. The molecule has 1 heterocycles. The Kier molecular flexibility index (Phi) is 6.36. The van der Waals surface area contributed by atoms with E-state index in [0.29, 0.717) is 25.4 Å². The van der Waals surface area contributed by atoms with Crippen LogP contribution in [0.3, 0.4) is 0 Å². The van der Waals surface area contributed by atoms with E-state index in [1.165, 1.54) is 5.56 Å². The minimum atomic E-state index is -0.546. The fourth-order valence-electron chi connectivity index (χ4n) is 3.24. The first-order valence-corrected chi connectivity index (χ1v) is 10.2. The molecule has 5 nitrogen and oxygen atoms in total. The Morgan fingerprint density at radius 3 is 2.34 bits per heavy atom. The third-order valence-electron chi connectivity index (χ3n) is 5.09. The fourth-order valence-corrected chi connectivity index (χ4v) is 3.24. The summed E-state index contributed by atoms with van der Waals surface area (Å²) in [5, 5.41) is 3.05. The number of amides is 1. The summed E-state index contributed by atoms with van der Waals surface area (Å²) in [5.41, 5.74) is 2.28. The van der Waals surface area contributed by atoms with Crippen molar-refractivity contribution in [3.8, 4) is 17.2 Å². The van der Waals surface area contributed by atoms with Crippen molar-refractivity contribution >= 4 is 5.91 Å². The Bertz CT molecular complexity index is 839. The summed E-state index contributed by atoms with van der Waals surface area (Å²) >= 11 is 0. The molecule has 1 aliphatic rings. The molecule has 2 aromatic rings. The molecular weight excluding hydrogens is 366 g/mol. The monoisotopic (exact) mass is 397 g/mol. The van der Waals surface area contributed by atoms with Gasteiger partial charge in [-0.15, -0.1) is 0 Å². The Morgan fingerprint density at radius 2 is 1.72 bits per heavy atom. The molecular formula is C24H31NO4. The number of hydrogen-bond acceptors (Lipinski definition) is 4. The summed E-state index contributed by atoms with van der Waals surface area (Å²) in [7, 11) is 0. The van der Waals surface area contributed by atoms with Gasteiger partial charge in [-0.05, 0) is 54.2 Å². The van der Waals surface area contributed by atoms with Crippen LogP contribution in [0.25, 0.3) is 0 Å². The SMILES string of the molecule is CC[C@H](Oc1ccc(C(C)(C)C)cc1)C(=O)N[C@@H](C)c1ccc2c(c1)OCCO2. The third-order valence-corrected chi connectivity index (χ3v) is 5.09. The molecule has 3 rings (SSSR count). The second-order valence-corrected chi connectivity index (χ2v) is 8.42. The van der Waals surface area contributed by atoms with Gasteiger partial charge >= 0.3 is 0 Å². The number of benzene rings is 2. The number of carbonyl (C=O) groups is 1. The van der Waals surface area contributed by atoms with Crippen LogP contribution in [0, 0.1) is 0 Å². The second kappa shape index (κ2) is 8.76. The number of fused-ring (bicyclic) bond motifs is 1. The minimum absolute atomic E-state index is 0.0825. The molecule has 0 saturated carbocycles. The van der Waals surface area contributed by atoms with Crippen molar-refractivity contribution in [2.75, 3.05) is 13.2 Å². The first-order chi connectivity index (χ1) is 13.8. The maximum Gasteiger partial charge on any atom is 0.261 e. The van der Waals surface area contributed by atoms with Gasteiger partial charge in [0.2, 0.25) is 0 Å². The van der Waals surface area contributed by atoms with Crippen molar-refractivity contribution in [1.82, 2.24) is 5.32 Å². The third kappa shape index (κ3) is 5.22.